The van der Waals surface area contributed by atoms with Crippen LogP contribution in [-0.2, 0) is 17.8 Å². The molecular formula is C42H40ClN5O5. The minimum absolute atomic E-state index is 0.0159. The number of amides is 3. The molecule has 0 atom stereocenters. The van der Waals surface area contributed by atoms with Gasteiger partial charge in [0, 0.05) is 54.9 Å². The lowest BCUT2D eigenvalue weighted by Crippen LogP contribution is -2.50. The summed E-state index contributed by atoms with van der Waals surface area (Å²) < 4.78 is 13.3. The molecule has 0 unspecified atom stereocenters. The molecule has 1 aromatic heterocycles. The first kappa shape index (κ1) is 34.7. The number of aromatic nitrogens is 1. The number of ether oxygens (including phenoxy) is 2. The van der Waals surface area contributed by atoms with Crippen molar-refractivity contribution in [2.45, 2.75) is 32.0 Å². The number of nitrogens with zero attached hydrogens (tertiary/aromatic N) is 4. The topological polar surface area (TPSA) is 96.4 Å². The summed E-state index contributed by atoms with van der Waals surface area (Å²) in [6.07, 6.45) is 1.21. The van der Waals surface area contributed by atoms with Crippen molar-refractivity contribution in [2.24, 2.45) is 0 Å². The second-order valence-electron chi connectivity index (χ2n) is 13.6. The summed E-state index contributed by atoms with van der Waals surface area (Å²) in [5, 5.41) is 2.92. The van der Waals surface area contributed by atoms with Crippen molar-refractivity contribution in [3.63, 3.8) is 0 Å². The van der Waals surface area contributed by atoms with Gasteiger partial charge in [0.05, 0.1) is 36.9 Å². The van der Waals surface area contributed by atoms with Crippen molar-refractivity contribution in [1.29, 1.82) is 0 Å². The van der Waals surface area contributed by atoms with Crippen LogP contribution in [0.25, 0.3) is 11.1 Å². The maximum absolute atomic E-state index is 14.3. The molecule has 5 aromatic rings. The Balaban J connectivity index is 0.973. The molecule has 0 spiro atoms. The summed E-state index contributed by atoms with van der Waals surface area (Å²) in [6.45, 7) is 5.58. The summed E-state index contributed by atoms with van der Waals surface area (Å²) in [7, 11) is 0. The second kappa shape index (κ2) is 15.3. The van der Waals surface area contributed by atoms with Crippen LogP contribution >= 0.6 is 11.6 Å². The number of para-hydroxylation sites is 2. The van der Waals surface area contributed by atoms with Crippen LogP contribution in [0.1, 0.15) is 44.9 Å². The lowest BCUT2D eigenvalue weighted by atomic mass is 10.0. The molecule has 4 heterocycles. The average Bonchev–Trinajstić information content (AvgIpc) is 3.51. The lowest BCUT2D eigenvalue weighted by molar-refractivity contribution is 0.00148. The summed E-state index contributed by atoms with van der Waals surface area (Å²) in [6, 6.07) is 33.8. The Morgan fingerprint density at radius 3 is 2.28 bits per heavy atom. The Bertz CT molecular complexity index is 2140. The zero-order valence-electron chi connectivity index (χ0n) is 29.2. The van der Waals surface area contributed by atoms with Crippen LogP contribution in [0.4, 0.5) is 16.2 Å². The second-order valence-corrected chi connectivity index (χ2v) is 14.0. The molecule has 0 bridgehead atoms. The van der Waals surface area contributed by atoms with Gasteiger partial charge in [0.15, 0.2) is 0 Å². The first-order valence-electron chi connectivity index (χ1n) is 18.0. The Hall–Kier alpha value is -5.42. The smallest absolute Gasteiger partial charge is 0.409 e. The molecule has 3 aliphatic rings. The molecule has 4 aromatic carbocycles. The van der Waals surface area contributed by atoms with Crippen molar-refractivity contribution >= 4 is 40.9 Å². The normalized spacial score (nSPS) is 16.3. The largest absolute Gasteiger partial charge is 0.417 e. The third-order valence-electron chi connectivity index (χ3n) is 10.4. The van der Waals surface area contributed by atoms with Gasteiger partial charge in [-0.1, -0.05) is 78.3 Å². The monoisotopic (exact) mass is 729 g/mol. The number of anilines is 2. The van der Waals surface area contributed by atoms with Crippen molar-refractivity contribution < 1.29 is 23.9 Å². The summed E-state index contributed by atoms with van der Waals surface area (Å²) >= 11 is 6.75. The molecule has 270 valence electrons. The minimum atomic E-state index is -0.683. The lowest BCUT2D eigenvalue weighted by Gasteiger charge is -2.40. The minimum Gasteiger partial charge on any atom is -0.409 e. The van der Waals surface area contributed by atoms with E-state index in [0.29, 0.717) is 42.8 Å². The highest BCUT2D eigenvalue weighted by molar-refractivity contribution is 6.35. The van der Waals surface area contributed by atoms with Gasteiger partial charge in [-0.3, -0.25) is 19.8 Å². The third-order valence-corrected chi connectivity index (χ3v) is 10.7. The summed E-state index contributed by atoms with van der Waals surface area (Å²) in [5.74, 6) is 0.139. The molecule has 2 fully saturated rings. The van der Waals surface area contributed by atoms with Crippen LogP contribution in [0.5, 0.6) is 5.75 Å². The Kier molecular flexibility index (Phi) is 9.99. The van der Waals surface area contributed by atoms with Crippen LogP contribution < -0.4 is 15.0 Å². The van der Waals surface area contributed by atoms with E-state index in [1.54, 1.807) is 35.2 Å². The Labute approximate surface area is 313 Å². The summed E-state index contributed by atoms with van der Waals surface area (Å²) in [4.78, 5) is 47.4. The molecule has 0 saturated carbocycles. The fourth-order valence-corrected chi connectivity index (χ4v) is 7.89. The molecule has 3 amide bonds. The molecule has 3 aliphatic heterocycles. The van der Waals surface area contributed by atoms with E-state index in [9.17, 15) is 14.4 Å². The van der Waals surface area contributed by atoms with Crippen molar-refractivity contribution in [3.8, 4) is 16.9 Å². The number of hydrogen-bond donors (Lipinski definition) is 1. The van der Waals surface area contributed by atoms with Crippen LogP contribution in [0.15, 0.2) is 109 Å². The molecule has 2 saturated heterocycles. The van der Waals surface area contributed by atoms with Gasteiger partial charge in [0.2, 0.25) is 0 Å². The van der Waals surface area contributed by atoms with Gasteiger partial charge in [-0.15, -0.1) is 0 Å². The van der Waals surface area contributed by atoms with E-state index in [4.69, 9.17) is 21.1 Å². The maximum Gasteiger partial charge on any atom is 0.417 e. The number of likely N-dealkylation sites (tertiary alicyclic amines) is 1. The maximum atomic E-state index is 14.3. The predicted octanol–water partition coefficient (Wildman–Crippen LogP) is 7.56. The average molecular weight is 730 g/mol. The van der Waals surface area contributed by atoms with E-state index >= 15 is 0 Å². The molecule has 11 heteroatoms. The van der Waals surface area contributed by atoms with Gasteiger partial charge in [-0.05, 0) is 66.4 Å². The molecule has 1 N–H and O–H groups in total. The van der Waals surface area contributed by atoms with Gasteiger partial charge in [0.25, 0.3) is 11.8 Å². The SMILES string of the molecule is O=C(Nc1ccc(C(=O)N2Cc3ccc(C(=O)N4CCC(N5CCOCC5)CC4)n3Cc3ccccc32)c(Cl)c1)Oc1ccccc1-c1ccccc1. The van der Waals surface area contributed by atoms with Crippen molar-refractivity contribution in [2.75, 3.05) is 49.6 Å². The number of rotatable bonds is 6. The van der Waals surface area contributed by atoms with Gasteiger partial charge in [0.1, 0.15) is 11.4 Å². The van der Waals surface area contributed by atoms with Crippen LogP contribution in [0, 0.1) is 0 Å². The van der Waals surface area contributed by atoms with Crippen molar-refractivity contribution in [3.05, 3.63) is 137 Å². The molecule has 8 rings (SSSR count). The van der Waals surface area contributed by atoms with Crippen LogP contribution in [0.3, 0.4) is 0 Å². The van der Waals surface area contributed by atoms with Crippen molar-refractivity contribution in [1.82, 2.24) is 14.4 Å². The van der Waals surface area contributed by atoms with E-state index in [2.05, 4.69) is 10.2 Å². The molecule has 53 heavy (non-hydrogen) atoms. The molecule has 10 nitrogen and oxygen atoms in total. The van der Waals surface area contributed by atoms with Crippen LogP contribution in [0.2, 0.25) is 5.02 Å². The fourth-order valence-electron chi connectivity index (χ4n) is 7.63. The van der Waals surface area contributed by atoms with Gasteiger partial charge in [-0.2, -0.15) is 0 Å². The number of morpholine rings is 1. The number of benzene rings is 4. The quantitative estimate of drug-likeness (QED) is 0.194. The zero-order valence-corrected chi connectivity index (χ0v) is 30.0. The number of halogens is 1. The van der Waals surface area contributed by atoms with Gasteiger partial charge < -0.3 is 23.8 Å². The van der Waals surface area contributed by atoms with E-state index in [1.807, 2.05) is 88.3 Å². The number of carbonyl (C=O) groups excluding carboxylic acids is 3. The molecule has 0 radical (unpaired) electrons. The fraction of sp³-hybridized carbons (Fsp3) is 0.262. The Morgan fingerprint density at radius 2 is 1.49 bits per heavy atom. The molecule has 0 aliphatic carbocycles. The van der Waals surface area contributed by atoms with Crippen LogP contribution in [-0.4, -0.2) is 77.7 Å². The predicted molar refractivity (Wildman–Crippen MR) is 205 cm³/mol. The van der Waals surface area contributed by atoms with Gasteiger partial charge in [-0.25, -0.2) is 4.79 Å². The molecular weight excluding hydrogens is 690 g/mol. The third kappa shape index (κ3) is 7.30. The summed E-state index contributed by atoms with van der Waals surface area (Å²) in [5.41, 5.74) is 5.53. The highest BCUT2D eigenvalue weighted by Crippen LogP contribution is 2.34. The van der Waals surface area contributed by atoms with E-state index in [0.717, 1.165) is 67.2 Å². The number of hydrogen-bond acceptors (Lipinski definition) is 6. The standard InChI is InChI=1S/C42H40ClN5O5/c43-36-26-31(44-42(51)53-39-13-7-5-11-34(39)29-8-2-1-3-9-29)14-16-35(36)40(49)48-28-33-15-17-38(47(33)27-30-10-4-6-12-37(30)48)41(50)46-20-18-32(19-21-46)45-22-24-52-25-23-45/h1-17,26,32H,18-25,27-28H2,(H,44,51). The zero-order chi connectivity index (χ0) is 36.3. The number of nitrogens with one attached hydrogen (secondary N) is 1. The number of fused-ring (bicyclic) bond motifs is 2. The van der Waals surface area contributed by atoms with Gasteiger partial charge >= 0.3 is 6.09 Å². The highest BCUT2D eigenvalue weighted by Gasteiger charge is 2.32. The number of piperidine rings is 1. The Morgan fingerprint density at radius 1 is 0.755 bits per heavy atom. The van der Waals surface area contributed by atoms with E-state index < -0.39 is 6.09 Å². The first-order chi connectivity index (χ1) is 25.9. The number of carbonyl (C=O) groups is 3. The highest BCUT2D eigenvalue weighted by atomic mass is 35.5. The first-order valence-corrected chi connectivity index (χ1v) is 18.4. The van der Waals surface area contributed by atoms with E-state index in [1.165, 1.54) is 0 Å². The van der Waals surface area contributed by atoms with E-state index in [-0.39, 0.29) is 28.9 Å².